The molecular weight excluding hydrogens is 199 g/mol. The number of hydrogen-bond acceptors (Lipinski definition) is 2. The third-order valence-electron chi connectivity index (χ3n) is 2.14. The Kier molecular flexibility index (Phi) is 3.55. The standard InChI is InChI=1S/C11H11FO3/c1-7(13)10(6-11(14)15)8-2-4-9(12)5-3-8/h2-5,10H,6H2,1H3,(H,14,15). The molecule has 4 heteroatoms. The summed E-state index contributed by atoms with van der Waals surface area (Å²) in [6.45, 7) is 1.33. The molecule has 0 heterocycles. The Morgan fingerprint density at radius 2 is 1.87 bits per heavy atom. The van der Waals surface area contributed by atoms with E-state index in [-0.39, 0.29) is 12.2 Å². The largest absolute Gasteiger partial charge is 0.481 e. The molecule has 0 fully saturated rings. The SMILES string of the molecule is CC(=O)C(CC(=O)O)c1ccc(F)cc1. The van der Waals surface area contributed by atoms with Gasteiger partial charge in [0.2, 0.25) is 0 Å². The molecule has 0 aliphatic carbocycles. The van der Waals surface area contributed by atoms with Gasteiger partial charge in [-0.05, 0) is 24.6 Å². The summed E-state index contributed by atoms with van der Waals surface area (Å²) < 4.78 is 12.6. The first kappa shape index (κ1) is 11.4. The van der Waals surface area contributed by atoms with E-state index in [1.165, 1.54) is 31.2 Å². The van der Waals surface area contributed by atoms with Crippen LogP contribution >= 0.6 is 0 Å². The number of benzene rings is 1. The Bertz CT molecular complexity index is 370. The zero-order chi connectivity index (χ0) is 11.4. The van der Waals surface area contributed by atoms with Crippen molar-refractivity contribution in [3.63, 3.8) is 0 Å². The number of carbonyl (C=O) groups excluding carboxylic acids is 1. The van der Waals surface area contributed by atoms with Crippen LogP contribution in [0.15, 0.2) is 24.3 Å². The molecule has 1 rings (SSSR count). The molecule has 3 nitrogen and oxygen atoms in total. The second kappa shape index (κ2) is 4.68. The Balaban J connectivity index is 2.94. The predicted octanol–water partition coefficient (Wildman–Crippen LogP) is 1.97. The lowest BCUT2D eigenvalue weighted by Gasteiger charge is -2.11. The van der Waals surface area contributed by atoms with Gasteiger partial charge in [-0.25, -0.2) is 4.39 Å². The number of aliphatic carboxylic acids is 1. The normalized spacial score (nSPS) is 12.1. The van der Waals surface area contributed by atoms with E-state index in [1.54, 1.807) is 0 Å². The molecule has 0 spiro atoms. The van der Waals surface area contributed by atoms with E-state index in [1.807, 2.05) is 0 Å². The lowest BCUT2D eigenvalue weighted by atomic mass is 9.92. The van der Waals surface area contributed by atoms with Gasteiger partial charge >= 0.3 is 5.97 Å². The Labute approximate surface area is 86.5 Å². The fourth-order valence-electron chi connectivity index (χ4n) is 1.37. The van der Waals surface area contributed by atoms with Crippen LogP contribution in [0.1, 0.15) is 24.8 Å². The summed E-state index contributed by atoms with van der Waals surface area (Å²) in [5.74, 6) is -2.37. The van der Waals surface area contributed by atoms with Crippen LogP contribution in [0.5, 0.6) is 0 Å². The molecule has 0 radical (unpaired) electrons. The maximum Gasteiger partial charge on any atom is 0.304 e. The average molecular weight is 210 g/mol. The second-order valence-corrected chi connectivity index (χ2v) is 3.31. The average Bonchev–Trinajstić information content (AvgIpc) is 2.15. The molecule has 1 N–H and O–H groups in total. The summed E-state index contributed by atoms with van der Waals surface area (Å²) >= 11 is 0. The summed E-state index contributed by atoms with van der Waals surface area (Å²) in [7, 11) is 0. The van der Waals surface area contributed by atoms with Crippen molar-refractivity contribution in [3.05, 3.63) is 35.6 Å². The zero-order valence-electron chi connectivity index (χ0n) is 8.24. The van der Waals surface area contributed by atoms with Crippen LogP contribution in [0.2, 0.25) is 0 Å². The third-order valence-corrected chi connectivity index (χ3v) is 2.14. The fourth-order valence-corrected chi connectivity index (χ4v) is 1.37. The summed E-state index contributed by atoms with van der Waals surface area (Å²) in [6, 6.07) is 5.30. The summed E-state index contributed by atoms with van der Waals surface area (Å²) in [6.07, 6.45) is -0.263. The van der Waals surface area contributed by atoms with E-state index < -0.39 is 17.7 Å². The second-order valence-electron chi connectivity index (χ2n) is 3.31. The highest BCUT2D eigenvalue weighted by molar-refractivity contribution is 5.87. The molecule has 1 aromatic carbocycles. The summed E-state index contributed by atoms with van der Waals surface area (Å²) in [5, 5.41) is 8.62. The molecule has 0 aromatic heterocycles. The molecule has 15 heavy (non-hydrogen) atoms. The van der Waals surface area contributed by atoms with E-state index in [0.29, 0.717) is 5.56 Å². The molecule has 0 saturated carbocycles. The Hall–Kier alpha value is -1.71. The smallest absolute Gasteiger partial charge is 0.304 e. The minimum Gasteiger partial charge on any atom is -0.481 e. The first-order valence-corrected chi connectivity index (χ1v) is 4.48. The van der Waals surface area contributed by atoms with Crippen molar-refractivity contribution in [2.24, 2.45) is 0 Å². The van der Waals surface area contributed by atoms with E-state index >= 15 is 0 Å². The lowest BCUT2D eigenvalue weighted by molar-refractivity contribution is -0.139. The van der Waals surface area contributed by atoms with Gasteiger partial charge in [0.15, 0.2) is 0 Å². The van der Waals surface area contributed by atoms with Crippen LogP contribution in [0.4, 0.5) is 4.39 Å². The van der Waals surface area contributed by atoms with Crippen molar-refractivity contribution in [2.45, 2.75) is 19.3 Å². The summed E-state index contributed by atoms with van der Waals surface area (Å²) in [4.78, 5) is 21.7. The molecule has 1 aromatic rings. The van der Waals surface area contributed by atoms with Crippen LogP contribution in [0, 0.1) is 5.82 Å². The highest BCUT2D eigenvalue weighted by Crippen LogP contribution is 2.21. The lowest BCUT2D eigenvalue weighted by Crippen LogP contribution is -2.13. The molecule has 0 amide bonds. The topological polar surface area (TPSA) is 54.4 Å². The van der Waals surface area contributed by atoms with Crippen LogP contribution < -0.4 is 0 Å². The van der Waals surface area contributed by atoms with Gasteiger partial charge in [0.05, 0.1) is 12.3 Å². The van der Waals surface area contributed by atoms with Crippen molar-refractivity contribution in [2.75, 3.05) is 0 Å². The molecule has 0 bridgehead atoms. The van der Waals surface area contributed by atoms with Gasteiger partial charge in [0, 0.05) is 0 Å². The molecular formula is C11H11FO3. The maximum atomic E-state index is 12.6. The number of halogens is 1. The minimum atomic E-state index is -1.04. The highest BCUT2D eigenvalue weighted by Gasteiger charge is 2.19. The third kappa shape index (κ3) is 3.16. The molecule has 0 saturated heterocycles. The minimum absolute atomic E-state index is 0.232. The van der Waals surface area contributed by atoms with Crippen molar-refractivity contribution in [1.29, 1.82) is 0 Å². The number of hydrogen-bond donors (Lipinski definition) is 1. The number of rotatable bonds is 4. The zero-order valence-corrected chi connectivity index (χ0v) is 8.24. The number of Topliss-reactive ketones (excluding diaryl/α,β-unsaturated/α-hetero) is 1. The predicted molar refractivity (Wildman–Crippen MR) is 52.1 cm³/mol. The summed E-state index contributed by atoms with van der Waals surface area (Å²) in [5.41, 5.74) is 0.534. The van der Waals surface area contributed by atoms with E-state index in [4.69, 9.17) is 5.11 Å². The van der Waals surface area contributed by atoms with Crippen LogP contribution in [0.25, 0.3) is 0 Å². The molecule has 1 unspecified atom stereocenters. The first-order chi connectivity index (χ1) is 7.00. The monoisotopic (exact) mass is 210 g/mol. The van der Waals surface area contributed by atoms with Crippen LogP contribution in [-0.2, 0) is 9.59 Å². The van der Waals surface area contributed by atoms with Gasteiger partial charge in [0.1, 0.15) is 11.6 Å². The molecule has 0 aliphatic rings. The van der Waals surface area contributed by atoms with Crippen LogP contribution in [0.3, 0.4) is 0 Å². The highest BCUT2D eigenvalue weighted by atomic mass is 19.1. The quantitative estimate of drug-likeness (QED) is 0.826. The molecule has 1 atom stereocenters. The maximum absolute atomic E-state index is 12.6. The van der Waals surface area contributed by atoms with Crippen molar-refractivity contribution in [1.82, 2.24) is 0 Å². The fraction of sp³-hybridized carbons (Fsp3) is 0.273. The first-order valence-electron chi connectivity index (χ1n) is 4.48. The van der Waals surface area contributed by atoms with Gasteiger partial charge in [-0.3, -0.25) is 9.59 Å². The van der Waals surface area contributed by atoms with Crippen molar-refractivity contribution < 1.29 is 19.1 Å². The number of carboxylic acid groups (broad SMARTS) is 1. The number of ketones is 1. The van der Waals surface area contributed by atoms with Gasteiger partial charge in [-0.15, -0.1) is 0 Å². The Morgan fingerprint density at radius 1 is 1.33 bits per heavy atom. The van der Waals surface area contributed by atoms with Crippen molar-refractivity contribution >= 4 is 11.8 Å². The van der Waals surface area contributed by atoms with Gasteiger partial charge in [-0.1, -0.05) is 12.1 Å². The molecule has 80 valence electrons. The van der Waals surface area contributed by atoms with Gasteiger partial charge in [0.25, 0.3) is 0 Å². The van der Waals surface area contributed by atoms with E-state index in [2.05, 4.69) is 0 Å². The van der Waals surface area contributed by atoms with Gasteiger partial charge < -0.3 is 5.11 Å². The molecule has 0 aliphatic heterocycles. The van der Waals surface area contributed by atoms with Crippen LogP contribution in [-0.4, -0.2) is 16.9 Å². The number of carbonyl (C=O) groups is 2. The van der Waals surface area contributed by atoms with E-state index in [0.717, 1.165) is 0 Å². The number of carboxylic acids is 1. The van der Waals surface area contributed by atoms with Gasteiger partial charge in [-0.2, -0.15) is 0 Å². The Morgan fingerprint density at radius 3 is 2.27 bits per heavy atom. The van der Waals surface area contributed by atoms with E-state index in [9.17, 15) is 14.0 Å². The van der Waals surface area contributed by atoms with Crippen molar-refractivity contribution in [3.8, 4) is 0 Å².